The molecule has 2 heterocycles. The van der Waals surface area contributed by atoms with Gasteiger partial charge < -0.3 is 10.1 Å². The van der Waals surface area contributed by atoms with Crippen LogP contribution in [0.25, 0.3) is 0 Å². The molecule has 0 spiro atoms. The lowest BCUT2D eigenvalue weighted by Gasteiger charge is -2.26. The molecule has 1 saturated carbocycles. The molecule has 1 N–H and O–H groups in total. The van der Waals surface area contributed by atoms with Crippen LogP contribution in [0.4, 0.5) is 0 Å². The summed E-state index contributed by atoms with van der Waals surface area (Å²) in [5.41, 5.74) is 3.11. The molecule has 0 radical (unpaired) electrons. The van der Waals surface area contributed by atoms with E-state index in [1.807, 2.05) is 22.9 Å². The van der Waals surface area contributed by atoms with Gasteiger partial charge in [-0.15, -0.1) is 0 Å². The molecule has 2 aromatic rings. The van der Waals surface area contributed by atoms with Gasteiger partial charge in [0.15, 0.2) is 0 Å². The zero-order valence-corrected chi connectivity index (χ0v) is 15.5. The number of ether oxygens (including phenoxy) is 1. The van der Waals surface area contributed by atoms with Gasteiger partial charge in [0.1, 0.15) is 6.10 Å². The standard InChI is InChI=1S/C21H27N3O2/c1-14(2)24-19(10-12-22-24)20-18(11-13-26-20)23-21(25)17-8-6-16(7-9-17)15-4-3-5-15/h6-10,12,14-15,18,20H,3-5,11,13H2,1-2H3,(H,23,25)/t18-,20-/m0/s1. The zero-order valence-electron chi connectivity index (χ0n) is 15.5. The summed E-state index contributed by atoms with van der Waals surface area (Å²) in [7, 11) is 0. The molecule has 26 heavy (non-hydrogen) atoms. The van der Waals surface area contributed by atoms with E-state index in [9.17, 15) is 4.79 Å². The van der Waals surface area contributed by atoms with Crippen molar-refractivity contribution in [3.05, 3.63) is 53.3 Å². The molecule has 2 aliphatic rings. The minimum atomic E-state index is -0.141. The van der Waals surface area contributed by atoms with Gasteiger partial charge in [0.25, 0.3) is 5.91 Å². The van der Waals surface area contributed by atoms with E-state index >= 15 is 0 Å². The Balaban J connectivity index is 1.45. The molecule has 1 aliphatic heterocycles. The number of carbonyl (C=O) groups is 1. The van der Waals surface area contributed by atoms with Crippen LogP contribution >= 0.6 is 0 Å². The Morgan fingerprint density at radius 2 is 1.96 bits per heavy atom. The predicted octanol–water partition coefficient (Wildman–Crippen LogP) is 3.99. The van der Waals surface area contributed by atoms with Gasteiger partial charge in [0, 0.05) is 24.4 Å². The van der Waals surface area contributed by atoms with Crippen LogP contribution in [0.2, 0.25) is 0 Å². The summed E-state index contributed by atoms with van der Waals surface area (Å²) in [4.78, 5) is 12.7. The van der Waals surface area contributed by atoms with Crippen LogP contribution in [0.5, 0.6) is 0 Å². The summed E-state index contributed by atoms with van der Waals surface area (Å²) in [6.45, 7) is 4.85. The summed E-state index contributed by atoms with van der Waals surface area (Å²) in [5.74, 6) is 0.664. The maximum atomic E-state index is 12.7. The third-order valence-electron chi connectivity index (χ3n) is 5.64. The van der Waals surface area contributed by atoms with Crippen LogP contribution < -0.4 is 5.32 Å². The van der Waals surface area contributed by atoms with Crippen LogP contribution in [-0.2, 0) is 4.74 Å². The minimum Gasteiger partial charge on any atom is -0.370 e. The second kappa shape index (κ2) is 7.23. The van der Waals surface area contributed by atoms with Crippen molar-refractivity contribution in [1.29, 1.82) is 0 Å². The van der Waals surface area contributed by atoms with Crippen LogP contribution in [0, 0.1) is 0 Å². The highest BCUT2D eigenvalue weighted by Crippen LogP contribution is 2.36. The molecule has 138 valence electrons. The van der Waals surface area contributed by atoms with E-state index in [0.717, 1.165) is 17.7 Å². The number of carbonyl (C=O) groups excluding carboxylic acids is 1. The van der Waals surface area contributed by atoms with Crippen molar-refractivity contribution in [1.82, 2.24) is 15.1 Å². The lowest BCUT2D eigenvalue weighted by molar-refractivity contribution is 0.0783. The van der Waals surface area contributed by atoms with Crippen molar-refractivity contribution in [2.45, 2.75) is 63.6 Å². The molecule has 5 heteroatoms. The van der Waals surface area contributed by atoms with Gasteiger partial charge in [-0.2, -0.15) is 5.10 Å². The maximum absolute atomic E-state index is 12.7. The highest BCUT2D eigenvalue weighted by Gasteiger charge is 2.33. The molecule has 1 aliphatic carbocycles. The van der Waals surface area contributed by atoms with E-state index in [2.05, 4.69) is 36.4 Å². The Bertz CT molecular complexity index is 762. The first kappa shape index (κ1) is 17.3. The molecule has 4 rings (SSSR count). The van der Waals surface area contributed by atoms with Gasteiger partial charge in [-0.1, -0.05) is 18.6 Å². The normalized spacial score (nSPS) is 23.2. The predicted molar refractivity (Wildman–Crippen MR) is 100 cm³/mol. The first-order chi connectivity index (χ1) is 12.6. The molecular weight excluding hydrogens is 326 g/mol. The lowest BCUT2D eigenvalue weighted by Crippen LogP contribution is -2.37. The Morgan fingerprint density at radius 1 is 1.19 bits per heavy atom. The summed E-state index contributed by atoms with van der Waals surface area (Å²) in [6, 6.07) is 10.3. The molecule has 5 nitrogen and oxygen atoms in total. The second-order valence-corrected chi connectivity index (χ2v) is 7.70. The average Bonchev–Trinajstić information content (AvgIpc) is 3.22. The number of hydrogen-bond acceptors (Lipinski definition) is 3. The number of nitrogens with one attached hydrogen (secondary N) is 1. The number of amides is 1. The lowest BCUT2D eigenvalue weighted by atomic mass is 9.80. The molecule has 1 aromatic carbocycles. The van der Waals surface area contributed by atoms with Crippen LogP contribution in [-0.4, -0.2) is 28.3 Å². The fourth-order valence-corrected chi connectivity index (χ4v) is 3.91. The zero-order chi connectivity index (χ0) is 18.1. The number of hydrogen-bond donors (Lipinski definition) is 1. The third kappa shape index (κ3) is 3.28. The molecule has 1 saturated heterocycles. The second-order valence-electron chi connectivity index (χ2n) is 7.70. The summed E-state index contributed by atoms with van der Waals surface area (Å²) in [5, 5.41) is 7.57. The van der Waals surface area contributed by atoms with Gasteiger partial charge >= 0.3 is 0 Å². The first-order valence-electron chi connectivity index (χ1n) is 9.69. The van der Waals surface area contributed by atoms with Crippen molar-refractivity contribution >= 4 is 5.91 Å². The first-order valence-corrected chi connectivity index (χ1v) is 9.69. The van der Waals surface area contributed by atoms with E-state index in [1.165, 1.54) is 24.8 Å². The highest BCUT2D eigenvalue weighted by molar-refractivity contribution is 5.94. The third-order valence-corrected chi connectivity index (χ3v) is 5.64. The van der Waals surface area contributed by atoms with Crippen molar-refractivity contribution in [2.24, 2.45) is 0 Å². The smallest absolute Gasteiger partial charge is 0.251 e. The van der Waals surface area contributed by atoms with E-state index in [4.69, 9.17) is 4.74 Å². The Labute approximate surface area is 154 Å². The van der Waals surface area contributed by atoms with Crippen molar-refractivity contribution < 1.29 is 9.53 Å². The van der Waals surface area contributed by atoms with Crippen LogP contribution in [0.3, 0.4) is 0 Å². The van der Waals surface area contributed by atoms with Gasteiger partial charge in [0.05, 0.1) is 11.7 Å². The fraction of sp³-hybridized carbons (Fsp3) is 0.524. The Kier molecular flexibility index (Phi) is 4.81. The van der Waals surface area contributed by atoms with Gasteiger partial charge in [-0.25, -0.2) is 0 Å². The van der Waals surface area contributed by atoms with Gasteiger partial charge in [0.2, 0.25) is 0 Å². The Hall–Kier alpha value is -2.14. The number of nitrogens with zero attached hydrogens (tertiary/aromatic N) is 2. The molecular formula is C21H27N3O2. The highest BCUT2D eigenvalue weighted by atomic mass is 16.5. The quantitative estimate of drug-likeness (QED) is 0.884. The van der Waals surface area contributed by atoms with E-state index in [0.29, 0.717) is 12.5 Å². The molecule has 2 fully saturated rings. The molecule has 0 bridgehead atoms. The minimum absolute atomic E-state index is 0.0250. The van der Waals surface area contributed by atoms with Crippen molar-refractivity contribution in [2.75, 3.05) is 6.61 Å². The fourth-order valence-electron chi connectivity index (χ4n) is 3.91. The maximum Gasteiger partial charge on any atom is 0.251 e. The SMILES string of the molecule is CC(C)n1nccc1[C@H]1OCC[C@@H]1NC(=O)c1ccc(C2CCC2)cc1. The summed E-state index contributed by atoms with van der Waals surface area (Å²) in [6.07, 6.45) is 6.35. The number of rotatable bonds is 5. The molecule has 1 amide bonds. The van der Waals surface area contributed by atoms with Crippen LogP contribution in [0.15, 0.2) is 36.5 Å². The van der Waals surface area contributed by atoms with Crippen LogP contribution in [0.1, 0.15) is 79.2 Å². The molecule has 0 unspecified atom stereocenters. The summed E-state index contributed by atoms with van der Waals surface area (Å²) >= 11 is 0. The number of benzene rings is 1. The Morgan fingerprint density at radius 3 is 2.62 bits per heavy atom. The molecule has 2 atom stereocenters. The van der Waals surface area contributed by atoms with E-state index < -0.39 is 0 Å². The monoisotopic (exact) mass is 353 g/mol. The summed E-state index contributed by atoms with van der Waals surface area (Å²) < 4.78 is 7.91. The molecule has 1 aromatic heterocycles. The van der Waals surface area contributed by atoms with Crippen molar-refractivity contribution in [3.63, 3.8) is 0 Å². The van der Waals surface area contributed by atoms with Crippen molar-refractivity contribution in [3.8, 4) is 0 Å². The van der Waals surface area contributed by atoms with Gasteiger partial charge in [-0.3, -0.25) is 9.48 Å². The average molecular weight is 353 g/mol. The number of aromatic nitrogens is 2. The van der Waals surface area contributed by atoms with Gasteiger partial charge in [-0.05, 0) is 62.8 Å². The topological polar surface area (TPSA) is 56.1 Å². The van der Waals surface area contributed by atoms with E-state index in [1.54, 1.807) is 6.20 Å². The van der Waals surface area contributed by atoms with E-state index in [-0.39, 0.29) is 24.1 Å². The largest absolute Gasteiger partial charge is 0.370 e.